The summed E-state index contributed by atoms with van der Waals surface area (Å²) in [5.74, 6) is 0. The molecule has 0 amide bonds. The smallest absolute Gasteiger partial charge is 0.324 e. The molecule has 0 spiro atoms. The number of hydrogen-bond donors (Lipinski definition) is 6. The molecule has 0 atom stereocenters. The molecule has 0 saturated heterocycles. The van der Waals surface area contributed by atoms with Crippen LogP contribution in [-0.2, 0) is 0 Å². The Morgan fingerprint density at radius 2 is 1.00 bits per heavy atom. The van der Waals surface area contributed by atoms with Gasteiger partial charge in [0.05, 0.1) is 0 Å². The molecule has 0 aliphatic rings. The van der Waals surface area contributed by atoms with Gasteiger partial charge >= 0.3 is 17.2 Å². The van der Waals surface area contributed by atoms with Crippen LogP contribution >= 0.6 is 17.2 Å². The Kier molecular flexibility index (Phi) is 46.6. The quantitative estimate of drug-likeness (QED) is 0.338. The first-order valence-electron chi connectivity index (χ1n) is 4.60. The second-order valence-electron chi connectivity index (χ2n) is 2.30. The SMILES string of the molecule is C=CC.CCCCC.OP(O)O.OP(O)O. The zero-order valence-corrected chi connectivity index (χ0v) is 11.8. The highest BCUT2D eigenvalue weighted by Gasteiger charge is 1.76. The molecule has 0 bridgehead atoms. The van der Waals surface area contributed by atoms with Gasteiger partial charge < -0.3 is 29.4 Å². The second-order valence-corrected chi connectivity index (χ2v) is 3.37. The van der Waals surface area contributed by atoms with Crippen molar-refractivity contribution in [1.82, 2.24) is 0 Å². The summed E-state index contributed by atoms with van der Waals surface area (Å²) in [5, 5.41) is 0. The van der Waals surface area contributed by atoms with Crippen LogP contribution in [0.25, 0.3) is 0 Å². The summed E-state index contributed by atoms with van der Waals surface area (Å²) < 4.78 is 0. The minimum atomic E-state index is -2.62. The van der Waals surface area contributed by atoms with Gasteiger partial charge in [-0.3, -0.25) is 0 Å². The Morgan fingerprint density at radius 1 is 0.875 bits per heavy atom. The van der Waals surface area contributed by atoms with E-state index in [-0.39, 0.29) is 0 Å². The summed E-state index contributed by atoms with van der Waals surface area (Å²) in [5.41, 5.74) is 0. The molecule has 6 nitrogen and oxygen atoms in total. The van der Waals surface area contributed by atoms with Crippen molar-refractivity contribution in [3.8, 4) is 0 Å². The molecule has 0 aromatic heterocycles. The van der Waals surface area contributed by atoms with Crippen LogP contribution in [0.3, 0.4) is 0 Å². The van der Waals surface area contributed by atoms with Crippen LogP contribution in [0.5, 0.6) is 0 Å². The summed E-state index contributed by atoms with van der Waals surface area (Å²) >= 11 is 0. The van der Waals surface area contributed by atoms with Gasteiger partial charge in [0.15, 0.2) is 0 Å². The molecule has 16 heavy (non-hydrogen) atoms. The van der Waals surface area contributed by atoms with Gasteiger partial charge in [-0.05, 0) is 6.92 Å². The lowest BCUT2D eigenvalue weighted by Gasteiger charge is -1.79. The highest BCUT2D eigenvalue weighted by atomic mass is 31.2. The van der Waals surface area contributed by atoms with Crippen LogP contribution in [0.15, 0.2) is 12.7 Å². The van der Waals surface area contributed by atoms with E-state index in [1.165, 1.54) is 19.3 Å². The molecule has 0 unspecified atom stereocenters. The van der Waals surface area contributed by atoms with Gasteiger partial charge in [0.25, 0.3) is 0 Å². The molecule has 0 aromatic carbocycles. The summed E-state index contributed by atoms with van der Waals surface area (Å²) in [4.78, 5) is 43.4. The zero-order valence-electron chi connectivity index (χ0n) is 9.98. The van der Waals surface area contributed by atoms with Gasteiger partial charge in [0.2, 0.25) is 0 Å². The molecule has 0 aromatic rings. The van der Waals surface area contributed by atoms with E-state index in [9.17, 15) is 0 Å². The Labute approximate surface area is 99.9 Å². The monoisotopic (exact) mass is 278 g/mol. The van der Waals surface area contributed by atoms with E-state index < -0.39 is 17.2 Å². The number of rotatable bonds is 2. The van der Waals surface area contributed by atoms with Crippen molar-refractivity contribution in [1.29, 1.82) is 0 Å². The normalized spacial score (nSPS) is 7.94. The van der Waals surface area contributed by atoms with Gasteiger partial charge in [-0.15, -0.1) is 6.58 Å². The predicted molar refractivity (Wildman–Crippen MR) is 68.2 cm³/mol. The fraction of sp³-hybridized carbons (Fsp3) is 0.750. The molecular formula is C8H24O6P2. The second kappa shape index (κ2) is 29.5. The standard InChI is InChI=1S/C5H12.C3H6.2H3O3P/c1-3-5-4-2;1-3-2;2*1-4(2)3/h3-5H2,1-2H3;3H,1H2,2H3;2*1-3H. The van der Waals surface area contributed by atoms with Crippen molar-refractivity contribution in [2.45, 2.75) is 40.0 Å². The van der Waals surface area contributed by atoms with Crippen molar-refractivity contribution in [3.05, 3.63) is 12.7 Å². The molecule has 0 fully saturated rings. The molecule has 0 radical (unpaired) electrons. The maximum atomic E-state index is 7.23. The first-order chi connectivity index (χ1) is 7.29. The van der Waals surface area contributed by atoms with Crippen LogP contribution in [0.2, 0.25) is 0 Å². The van der Waals surface area contributed by atoms with E-state index in [1.807, 2.05) is 6.92 Å². The molecule has 0 heterocycles. The van der Waals surface area contributed by atoms with Crippen LogP contribution in [0.1, 0.15) is 40.0 Å². The van der Waals surface area contributed by atoms with Crippen molar-refractivity contribution < 1.29 is 29.4 Å². The van der Waals surface area contributed by atoms with Gasteiger partial charge in [0, 0.05) is 0 Å². The van der Waals surface area contributed by atoms with Gasteiger partial charge in [0.1, 0.15) is 0 Å². The lowest BCUT2D eigenvalue weighted by molar-refractivity contribution is 0.366. The number of allylic oxidation sites excluding steroid dienone is 1. The third-order valence-electron chi connectivity index (χ3n) is 0.707. The first-order valence-corrected chi connectivity index (χ1v) is 7.00. The Balaban J connectivity index is -0.0000000610. The summed E-state index contributed by atoms with van der Waals surface area (Å²) in [6.45, 7) is 9.67. The van der Waals surface area contributed by atoms with E-state index in [0.29, 0.717) is 0 Å². The van der Waals surface area contributed by atoms with Gasteiger partial charge in [-0.1, -0.05) is 39.2 Å². The third kappa shape index (κ3) is 460. The third-order valence-corrected chi connectivity index (χ3v) is 0.707. The molecule has 6 N–H and O–H groups in total. The lowest BCUT2D eigenvalue weighted by atomic mass is 10.3. The topological polar surface area (TPSA) is 121 Å². The highest BCUT2D eigenvalue weighted by molar-refractivity contribution is 7.38. The molecule has 0 aliphatic carbocycles. The van der Waals surface area contributed by atoms with Crippen LogP contribution in [0.4, 0.5) is 0 Å². The van der Waals surface area contributed by atoms with Crippen LogP contribution in [-0.4, -0.2) is 29.4 Å². The minimum Gasteiger partial charge on any atom is -0.328 e. The predicted octanol–water partition coefficient (Wildman–Crippen LogP) is 1.77. The fourth-order valence-electron chi connectivity index (χ4n) is 0.354. The van der Waals surface area contributed by atoms with E-state index in [1.54, 1.807) is 6.08 Å². The van der Waals surface area contributed by atoms with Crippen molar-refractivity contribution in [2.75, 3.05) is 0 Å². The van der Waals surface area contributed by atoms with Crippen molar-refractivity contribution in [3.63, 3.8) is 0 Å². The van der Waals surface area contributed by atoms with E-state index in [0.717, 1.165) is 0 Å². The highest BCUT2D eigenvalue weighted by Crippen LogP contribution is 2.12. The Morgan fingerprint density at radius 3 is 1.00 bits per heavy atom. The van der Waals surface area contributed by atoms with Crippen molar-refractivity contribution >= 4 is 17.2 Å². The maximum Gasteiger partial charge on any atom is 0.324 e. The number of hydrogen-bond acceptors (Lipinski definition) is 6. The van der Waals surface area contributed by atoms with E-state index >= 15 is 0 Å². The van der Waals surface area contributed by atoms with Crippen molar-refractivity contribution in [2.24, 2.45) is 0 Å². The maximum absolute atomic E-state index is 7.23. The summed E-state index contributed by atoms with van der Waals surface area (Å²) in [6.07, 6.45) is 5.83. The lowest BCUT2D eigenvalue weighted by Crippen LogP contribution is -1.59. The Hall–Kier alpha value is 0.360. The van der Waals surface area contributed by atoms with E-state index in [4.69, 9.17) is 29.4 Å². The summed E-state index contributed by atoms with van der Waals surface area (Å²) in [6, 6.07) is 0. The summed E-state index contributed by atoms with van der Waals surface area (Å²) in [7, 11) is -5.24. The van der Waals surface area contributed by atoms with Gasteiger partial charge in [-0.25, -0.2) is 0 Å². The minimum absolute atomic E-state index is 1.34. The first kappa shape index (κ1) is 25.3. The number of unbranched alkanes of at least 4 members (excludes halogenated alkanes) is 2. The van der Waals surface area contributed by atoms with Crippen LogP contribution < -0.4 is 0 Å². The van der Waals surface area contributed by atoms with Gasteiger partial charge in [-0.2, -0.15) is 0 Å². The average molecular weight is 278 g/mol. The fourth-order valence-corrected chi connectivity index (χ4v) is 0.354. The molecule has 0 rings (SSSR count). The molecule has 8 heteroatoms. The van der Waals surface area contributed by atoms with Crippen LogP contribution in [0, 0.1) is 0 Å². The molecular weight excluding hydrogens is 254 g/mol. The van der Waals surface area contributed by atoms with E-state index in [2.05, 4.69) is 20.4 Å². The largest absolute Gasteiger partial charge is 0.328 e. The molecule has 0 aliphatic heterocycles. The average Bonchev–Trinajstić information content (AvgIpc) is 2.04. The zero-order chi connectivity index (χ0) is 14.0. The molecule has 0 saturated carbocycles. The molecule has 102 valence electrons. The Bertz CT molecular complexity index is 89.0.